The third kappa shape index (κ3) is 6.62. The van der Waals surface area contributed by atoms with E-state index >= 15 is 0 Å². The van der Waals surface area contributed by atoms with Gasteiger partial charge in [0.15, 0.2) is 0 Å². The van der Waals surface area contributed by atoms with Gasteiger partial charge in [0.05, 0.1) is 11.3 Å². The predicted molar refractivity (Wildman–Crippen MR) is 124 cm³/mol. The smallest absolute Gasteiger partial charge is 0.234 e. The van der Waals surface area contributed by atoms with Gasteiger partial charge in [0.25, 0.3) is 0 Å². The predicted octanol–water partition coefficient (Wildman–Crippen LogP) is 5.10. The molecule has 30 heavy (non-hydrogen) atoms. The van der Waals surface area contributed by atoms with E-state index in [9.17, 15) is 4.79 Å². The molecule has 1 amide bonds. The summed E-state index contributed by atoms with van der Waals surface area (Å²) in [5, 5.41) is 11.2. The monoisotopic (exact) mass is 421 g/mol. The van der Waals surface area contributed by atoms with Crippen LogP contribution < -0.4 is 5.32 Å². The summed E-state index contributed by atoms with van der Waals surface area (Å²) >= 11 is 1.57. The number of benzene rings is 2. The van der Waals surface area contributed by atoms with Crippen molar-refractivity contribution < 1.29 is 4.79 Å². The number of amides is 1. The highest BCUT2D eigenvalue weighted by molar-refractivity contribution is 8.00. The number of nitriles is 1. The van der Waals surface area contributed by atoms with Crippen LogP contribution in [0.25, 0.3) is 11.1 Å². The van der Waals surface area contributed by atoms with Crippen molar-refractivity contribution in [2.24, 2.45) is 5.92 Å². The molecule has 0 radical (unpaired) electrons. The van der Waals surface area contributed by atoms with E-state index in [4.69, 9.17) is 5.26 Å². The lowest BCUT2D eigenvalue weighted by molar-refractivity contribution is -0.120. The first-order chi connectivity index (χ1) is 14.5. The fourth-order valence-corrected chi connectivity index (χ4v) is 5.06. The number of likely N-dealkylation sites (tertiary alicyclic amines) is 1. The first-order valence-corrected chi connectivity index (χ1v) is 11.7. The molecule has 5 heteroatoms. The number of hydrogen-bond acceptors (Lipinski definition) is 4. The van der Waals surface area contributed by atoms with Crippen LogP contribution in [0.1, 0.15) is 38.7 Å². The lowest BCUT2D eigenvalue weighted by Crippen LogP contribution is -2.33. The Morgan fingerprint density at radius 3 is 2.23 bits per heavy atom. The fraction of sp³-hybridized carbons (Fsp3) is 0.440. The van der Waals surface area contributed by atoms with E-state index in [1.54, 1.807) is 11.8 Å². The first kappa shape index (κ1) is 22.4. The number of carbonyl (C=O) groups is 1. The number of nitrogens with one attached hydrogen (secondary N) is 1. The quantitative estimate of drug-likeness (QED) is 0.452. The van der Waals surface area contributed by atoms with Gasteiger partial charge in [0, 0.05) is 11.4 Å². The second-order valence-electron chi connectivity index (χ2n) is 8.32. The van der Waals surface area contributed by atoms with Crippen molar-refractivity contribution in [2.45, 2.75) is 49.8 Å². The molecule has 1 fully saturated rings. The van der Waals surface area contributed by atoms with Crippen molar-refractivity contribution in [3.8, 4) is 17.2 Å². The molecular formula is C25H31N3OS. The molecule has 1 aliphatic heterocycles. The third-order valence-corrected chi connectivity index (χ3v) is 6.58. The molecule has 1 unspecified atom stereocenters. The van der Waals surface area contributed by atoms with E-state index in [2.05, 4.69) is 72.6 Å². The van der Waals surface area contributed by atoms with Crippen molar-refractivity contribution >= 4 is 17.7 Å². The van der Waals surface area contributed by atoms with Gasteiger partial charge in [-0.05, 0) is 67.1 Å². The second-order valence-corrected chi connectivity index (χ2v) is 9.59. The van der Waals surface area contributed by atoms with E-state index in [0.717, 1.165) is 17.9 Å². The van der Waals surface area contributed by atoms with Crippen molar-refractivity contribution in [1.82, 2.24) is 10.2 Å². The molecule has 2 aromatic rings. The highest BCUT2D eigenvalue weighted by Gasteiger charge is 2.21. The average molecular weight is 422 g/mol. The molecule has 1 saturated heterocycles. The zero-order valence-electron chi connectivity index (χ0n) is 17.9. The molecule has 0 aromatic heterocycles. The first-order valence-electron chi connectivity index (χ1n) is 10.8. The summed E-state index contributed by atoms with van der Waals surface area (Å²) in [6.07, 6.45) is 3.42. The molecule has 0 bridgehead atoms. The lowest BCUT2D eigenvalue weighted by atomic mass is 10.0. The van der Waals surface area contributed by atoms with Crippen LogP contribution in [0.4, 0.5) is 0 Å². The van der Waals surface area contributed by atoms with Crippen molar-refractivity contribution in [3.63, 3.8) is 0 Å². The van der Waals surface area contributed by atoms with Gasteiger partial charge in [-0.3, -0.25) is 9.69 Å². The molecule has 0 saturated carbocycles. The van der Waals surface area contributed by atoms with Gasteiger partial charge in [-0.2, -0.15) is 5.26 Å². The van der Waals surface area contributed by atoms with Crippen molar-refractivity contribution in [2.75, 3.05) is 19.6 Å². The van der Waals surface area contributed by atoms with Crippen LogP contribution in [-0.4, -0.2) is 35.7 Å². The maximum Gasteiger partial charge on any atom is 0.234 e. The van der Waals surface area contributed by atoms with E-state index in [-0.39, 0.29) is 17.7 Å². The van der Waals surface area contributed by atoms with Crippen molar-refractivity contribution in [3.05, 3.63) is 54.1 Å². The van der Waals surface area contributed by atoms with E-state index in [0.29, 0.717) is 5.92 Å². The molecular weight excluding hydrogens is 390 g/mol. The number of carbonyl (C=O) groups excluding carboxylic acids is 1. The summed E-state index contributed by atoms with van der Waals surface area (Å²) in [5.74, 6) is 0.349. The van der Waals surface area contributed by atoms with E-state index < -0.39 is 0 Å². The summed E-state index contributed by atoms with van der Waals surface area (Å²) in [6.45, 7) is 7.76. The van der Waals surface area contributed by atoms with Crippen LogP contribution in [0.3, 0.4) is 0 Å². The van der Waals surface area contributed by atoms with Gasteiger partial charge < -0.3 is 5.32 Å². The van der Waals surface area contributed by atoms with Crippen LogP contribution in [0, 0.1) is 17.2 Å². The molecule has 1 aliphatic rings. The fourth-order valence-electron chi connectivity index (χ4n) is 3.77. The van der Waals surface area contributed by atoms with Crippen LogP contribution in [0.5, 0.6) is 0 Å². The normalized spacial score (nSPS) is 15.1. The number of nitrogens with zero attached hydrogens (tertiary/aromatic N) is 2. The lowest BCUT2D eigenvalue weighted by Gasteiger charge is -2.18. The SMILES string of the molecule is CC(C)CC(Sc1ccc(-c2ccc(CN3CCCC3)cc2)cc1)C(=O)NCC#N. The Morgan fingerprint density at radius 2 is 1.67 bits per heavy atom. The van der Waals surface area contributed by atoms with Crippen LogP contribution in [0.15, 0.2) is 53.4 Å². The molecule has 2 aromatic carbocycles. The third-order valence-electron chi connectivity index (χ3n) is 5.34. The Hall–Kier alpha value is -2.29. The molecule has 158 valence electrons. The zero-order valence-corrected chi connectivity index (χ0v) is 18.8. The maximum atomic E-state index is 12.4. The summed E-state index contributed by atoms with van der Waals surface area (Å²) in [7, 11) is 0. The summed E-state index contributed by atoms with van der Waals surface area (Å²) in [6, 6.07) is 19.3. The summed E-state index contributed by atoms with van der Waals surface area (Å²) < 4.78 is 0. The maximum absolute atomic E-state index is 12.4. The Morgan fingerprint density at radius 1 is 1.07 bits per heavy atom. The highest BCUT2D eigenvalue weighted by atomic mass is 32.2. The minimum absolute atomic E-state index is 0.0562. The Kier molecular flexibility index (Phi) is 8.36. The van der Waals surface area contributed by atoms with Gasteiger partial charge in [-0.15, -0.1) is 11.8 Å². The highest BCUT2D eigenvalue weighted by Crippen LogP contribution is 2.30. The zero-order chi connectivity index (χ0) is 21.3. The average Bonchev–Trinajstić information content (AvgIpc) is 3.25. The van der Waals surface area contributed by atoms with E-state index in [1.807, 2.05) is 6.07 Å². The Balaban J connectivity index is 1.62. The number of thioether (sulfide) groups is 1. The molecule has 1 heterocycles. The van der Waals surface area contributed by atoms with Crippen LogP contribution in [-0.2, 0) is 11.3 Å². The molecule has 3 rings (SSSR count). The Bertz CT molecular complexity index is 849. The van der Waals surface area contributed by atoms with Gasteiger partial charge in [-0.1, -0.05) is 50.2 Å². The van der Waals surface area contributed by atoms with Crippen molar-refractivity contribution in [1.29, 1.82) is 5.26 Å². The van der Waals surface area contributed by atoms with Crippen LogP contribution >= 0.6 is 11.8 Å². The summed E-state index contributed by atoms with van der Waals surface area (Å²) in [4.78, 5) is 16.0. The Labute approximate surface area is 184 Å². The molecule has 0 aliphatic carbocycles. The van der Waals surface area contributed by atoms with Gasteiger partial charge in [-0.25, -0.2) is 0 Å². The molecule has 0 spiro atoms. The minimum Gasteiger partial charge on any atom is -0.342 e. The topological polar surface area (TPSA) is 56.1 Å². The van der Waals surface area contributed by atoms with Gasteiger partial charge in [0.2, 0.25) is 5.91 Å². The number of rotatable bonds is 9. The second kappa shape index (κ2) is 11.2. The summed E-state index contributed by atoms with van der Waals surface area (Å²) in [5.41, 5.74) is 3.76. The molecule has 1 N–H and O–H groups in total. The van der Waals surface area contributed by atoms with Gasteiger partial charge in [0.1, 0.15) is 6.54 Å². The molecule has 4 nitrogen and oxygen atoms in total. The standard InChI is InChI=1S/C25H31N3OS/c1-19(2)17-24(25(29)27-14-13-26)30-23-11-9-22(10-12-23)21-7-5-20(6-8-21)18-28-15-3-4-16-28/h5-12,19,24H,3-4,14-18H2,1-2H3,(H,27,29). The minimum atomic E-state index is -0.186. The van der Waals surface area contributed by atoms with E-state index in [1.165, 1.54) is 42.6 Å². The largest absolute Gasteiger partial charge is 0.342 e. The number of hydrogen-bond donors (Lipinski definition) is 1. The van der Waals surface area contributed by atoms with Gasteiger partial charge >= 0.3 is 0 Å². The van der Waals surface area contributed by atoms with Crippen LogP contribution in [0.2, 0.25) is 0 Å². The molecule has 1 atom stereocenters.